The minimum absolute atomic E-state index is 0.239. The Bertz CT molecular complexity index is 865. The van der Waals surface area contributed by atoms with Crippen molar-refractivity contribution < 1.29 is 13.2 Å². The number of carbonyl (C=O) groups excluding carboxylic acids is 1. The molecule has 1 N–H and O–H groups in total. The first kappa shape index (κ1) is 20.3. The van der Waals surface area contributed by atoms with Gasteiger partial charge in [-0.05, 0) is 50.6 Å². The summed E-state index contributed by atoms with van der Waals surface area (Å²) in [6.07, 6.45) is 1.08. The Morgan fingerprint density at radius 2 is 1.58 bits per heavy atom. The molecule has 5 nitrogen and oxygen atoms in total. The highest BCUT2D eigenvalue weighted by molar-refractivity contribution is 7.92. The SMILES string of the molecule is Cc1ccc([C@@H](C)NC(=O)[C@@H](C)N(c2ccc(Cl)cc2)S(C)(=O)=O)cc1. The molecule has 0 unspecified atom stereocenters. The van der Waals surface area contributed by atoms with Gasteiger partial charge in [-0.1, -0.05) is 41.4 Å². The maximum absolute atomic E-state index is 12.7. The lowest BCUT2D eigenvalue weighted by Gasteiger charge is -2.29. The fraction of sp³-hybridized carbons (Fsp3) is 0.316. The summed E-state index contributed by atoms with van der Waals surface area (Å²) in [5.74, 6) is -0.376. The van der Waals surface area contributed by atoms with Crippen LogP contribution in [0, 0.1) is 6.92 Å². The molecule has 0 aliphatic carbocycles. The Hall–Kier alpha value is -2.05. The molecule has 0 aliphatic heterocycles. The van der Waals surface area contributed by atoms with E-state index >= 15 is 0 Å². The zero-order chi connectivity index (χ0) is 19.5. The van der Waals surface area contributed by atoms with Crippen molar-refractivity contribution in [1.29, 1.82) is 0 Å². The van der Waals surface area contributed by atoms with Crippen molar-refractivity contribution in [2.45, 2.75) is 32.9 Å². The lowest BCUT2D eigenvalue weighted by molar-refractivity contribution is -0.122. The van der Waals surface area contributed by atoms with Crippen LogP contribution in [-0.4, -0.2) is 26.6 Å². The standard InChI is InChI=1S/C19H23ClN2O3S/c1-13-5-7-16(8-6-13)14(2)21-19(23)15(3)22(26(4,24)25)18-11-9-17(20)10-12-18/h5-12,14-15H,1-4H3,(H,21,23)/t14-,15-/m1/s1. The molecule has 140 valence electrons. The van der Waals surface area contributed by atoms with Gasteiger partial charge < -0.3 is 5.32 Å². The molecule has 0 saturated carbocycles. The lowest BCUT2D eigenvalue weighted by Crippen LogP contribution is -2.48. The van der Waals surface area contributed by atoms with Gasteiger partial charge in [-0.3, -0.25) is 9.10 Å². The van der Waals surface area contributed by atoms with E-state index < -0.39 is 16.1 Å². The summed E-state index contributed by atoms with van der Waals surface area (Å²) in [7, 11) is -3.65. The van der Waals surface area contributed by atoms with Crippen LogP contribution < -0.4 is 9.62 Å². The Labute approximate surface area is 160 Å². The average molecular weight is 395 g/mol. The zero-order valence-corrected chi connectivity index (χ0v) is 16.8. The fourth-order valence-electron chi connectivity index (χ4n) is 2.67. The van der Waals surface area contributed by atoms with E-state index in [9.17, 15) is 13.2 Å². The predicted molar refractivity (Wildman–Crippen MR) is 106 cm³/mol. The van der Waals surface area contributed by atoms with E-state index in [0.29, 0.717) is 10.7 Å². The third kappa shape index (κ3) is 4.99. The molecule has 0 saturated heterocycles. The van der Waals surface area contributed by atoms with E-state index in [-0.39, 0.29) is 11.9 Å². The largest absolute Gasteiger partial charge is 0.348 e. The first-order valence-corrected chi connectivity index (χ1v) is 10.4. The van der Waals surface area contributed by atoms with Crippen LogP contribution in [0.1, 0.15) is 31.0 Å². The van der Waals surface area contributed by atoms with Crippen LogP contribution in [0.15, 0.2) is 48.5 Å². The Morgan fingerprint density at radius 1 is 1.04 bits per heavy atom. The summed E-state index contributed by atoms with van der Waals surface area (Å²) in [5.41, 5.74) is 2.47. The summed E-state index contributed by atoms with van der Waals surface area (Å²) in [6, 6.07) is 13.0. The molecular formula is C19H23ClN2O3S. The van der Waals surface area contributed by atoms with Crippen LogP contribution in [-0.2, 0) is 14.8 Å². The number of nitrogens with one attached hydrogen (secondary N) is 1. The number of rotatable bonds is 6. The van der Waals surface area contributed by atoms with Gasteiger partial charge >= 0.3 is 0 Å². The second-order valence-electron chi connectivity index (χ2n) is 6.35. The maximum Gasteiger partial charge on any atom is 0.244 e. The van der Waals surface area contributed by atoms with Gasteiger partial charge in [-0.15, -0.1) is 0 Å². The van der Waals surface area contributed by atoms with E-state index in [2.05, 4.69) is 5.32 Å². The first-order valence-electron chi connectivity index (χ1n) is 8.21. The Kier molecular flexibility index (Phi) is 6.31. The van der Waals surface area contributed by atoms with Crippen LogP contribution in [0.4, 0.5) is 5.69 Å². The number of anilines is 1. The van der Waals surface area contributed by atoms with Gasteiger partial charge in [0.15, 0.2) is 0 Å². The molecule has 7 heteroatoms. The van der Waals surface area contributed by atoms with Crippen molar-refractivity contribution in [3.63, 3.8) is 0 Å². The fourth-order valence-corrected chi connectivity index (χ4v) is 3.97. The Morgan fingerprint density at radius 3 is 2.08 bits per heavy atom. The van der Waals surface area contributed by atoms with E-state index in [1.165, 1.54) is 0 Å². The molecule has 0 heterocycles. The second-order valence-corrected chi connectivity index (χ2v) is 8.65. The first-order chi connectivity index (χ1) is 12.1. The van der Waals surface area contributed by atoms with Crippen molar-refractivity contribution in [2.75, 3.05) is 10.6 Å². The highest BCUT2D eigenvalue weighted by Crippen LogP contribution is 2.23. The minimum Gasteiger partial charge on any atom is -0.348 e. The van der Waals surface area contributed by atoms with E-state index in [4.69, 9.17) is 11.6 Å². The minimum atomic E-state index is -3.65. The van der Waals surface area contributed by atoms with Gasteiger partial charge in [-0.25, -0.2) is 8.42 Å². The molecular weight excluding hydrogens is 372 g/mol. The highest BCUT2D eigenvalue weighted by atomic mass is 35.5. The number of benzene rings is 2. The molecule has 2 rings (SSSR count). The monoisotopic (exact) mass is 394 g/mol. The number of sulfonamides is 1. The number of amides is 1. The number of carbonyl (C=O) groups is 1. The van der Waals surface area contributed by atoms with Crippen molar-refractivity contribution in [3.05, 3.63) is 64.7 Å². The smallest absolute Gasteiger partial charge is 0.244 e. The third-order valence-electron chi connectivity index (χ3n) is 4.11. The predicted octanol–water partition coefficient (Wildman–Crippen LogP) is 3.68. The third-order valence-corrected chi connectivity index (χ3v) is 5.60. The molecule has 1 amide bonds. The molecule has 0 spiro atoms. The number of hydrogen-bond donors (Lipinski definition) is 1. The summed E-state index contributed by atoms with van der Waals surface area (Å²) in [4.78, 5) is 12.7. The normalized spacial score (nSPS) is 13.7. The lowest BCUT2D eigenvalue weighted by atomic mass is 10.1. The summed E-state index contributed by atoms with van der Waals surface area (Å²) < 4.78 is 25.6. The van der Waals surface area contributed by atoms with Crippen molar-refractivity contribution in [2.24, 2.45) is 0 Å². The Balaban J connectivity index is 2.22. The van der Waals surface area contributed by atoms with Gasteiger partial charge in [0.25, 0.3) is 0 Å². The van der Waals surface area contributed by atoms with Crippen LogP contribution >= 0.6 is 11.6 Å². The second kappa shape index (κ2) is 8.10. The molecule has 2 aromatic carbocycles. The van der Waals surface area contributed by atoms with Gasteiger partial charge in [-0.2, -0.15) is 0 Å². The molecule has 2 atom stereocenters. The van der Waals surface area contributed by atoms with Crippen LogP contribution in [0.3, 0.4) is 0 Å². The van der Waals surface area contributed by atoms with Gasteiger partial charge in [0.05, 0.1) is 18.0 Å². The topological polar surface area (TPSA) is 66.5 Å². The number of halogens is 1. The van der Waals surface area contributed by atoms with Gasteiger partial charge in [0.2, 0.25) is 15.9 Å². The molecule has 0 fully saturated rings. The molecule has 2 aromatic rings. The number of hydrogen-bond acceptors (Lipinski definition) is 3. The van der Waals surface area contributed by atoms with Crippen molar-refractivity contribution >= 4 is 33.2 Å². The van der Waals surface area contributed by atoms with Crippen LogP contribution in [0.5, 0.6) is 0 Å². The molecule has 0 bridgehead atoms. The van der Waals surface area contributed by atoms with Crippen LogP contribution in [0.2, 0.25) is 5.02 Å². The van der Waals surface area contributed by atoms with Gasteiger partial charge in [0.1, 0.15) is 6.04 Å². The van der Waals surface area contributed by atoms with E-state index in [1.54, 1.807) is 31.2 Å². The average Bonchev–Trinajstić information content (AvgIpc) is 2.56. The quantitative estimate of drug-likeness (QED) is 0.812. The zero-order valence-electron chi connectivity index (χ0n) is 15.2. The highest BCUT2D eigenvalue weighted by Gasteiger charge is 2.29. The van der Waals surface area contributed by atoms with Crippen LogP contribution in [0.25, 0.3) is 0 Å². The molecule has 0 aromatic heterocycles. The molecule has 0 radical (unpaired) electrons. The summed E-state index contributed by atoms with van der Waals surface area (Å²) in [6.45, 7) is 5.42. The summed E-state index contributed by atoms with van der Waals surface area (Å²) in [5, 5.41) is 3.37. The molecule has 0 aliphatic rings. The molecule has 26 heavy (non-hydrogen) atoms. The van der Waals surface area contributed by atoms with Crippen molar-refractivity contribution in [3.8, 4) is 0 Å². The number of nitrogens with zero attached hydrogens (tertiary/aromatic N) is 1. The summed E-state index contributed by atoms with van der Waals surface area (Å²) >= 11 is 5.87. The van der Waals surface area contributed by atoms with E-state index in [0.717, 1.165) is 21.7 Å². The van der Waals surface area contributed by atoms with Gasteiger partial charge in [0, 0.05) is 5.02 Å². The van der Waals surface area contributed by atoms with E-state index in [1.807, 2.05) is 38.1 Å². The van der Waals surface area contributed by atoms with Crippen molar-refractivity contribution in [1.82, 2.24) is 5.32 Å². The maximum atomic E-state index is 12.7. The number of aryl methyl sites for hydroxylation is 1.